The van der Waals surface area contributed by atoms with Crippen LogP contribution >= 0.6 is 23.4 Å². The van der Waals surface area contributed by atoms with E-state index in [-0.39, 0.29) is 5.41 Å². The zero-order chi connectivity index (χ0) is 16.3. The summed E-state index contributed by atoms with van der Waals surface area (Å²) in [5.41, 5.74) is 0.771. The van der Waals surface area contributed by atoms with E-state index < -0.39 is 0 Å². The molecule has 1 aliphatic carbocycles. The Labute approximate surface area is 146 Å². The molecule has 0 amide bonds. The smallest absolute Gasteiger partial charge is 0.168 e. The molecule has 0 aliphatic heterocycles. The summed E-state index contributed by atoms with van der Waals surface area (Å²) in [5.74, 6) is 0.778. The Bertz CT molecular complexity index is 675. The van der Waals surface area contributed by atoms with Gasteiger partial charge in [-0.1, -0.05) is 54.8 Å². The standard InChI is InChI=1S/C18H21ClN2OS/c1-21-12-11-20-17(21)23-13-16(22)18(9-3-2-4-10-18)14-5-7-15(19)8-6-14/h5-8,11-12H,2-4,9-10,13H2,1H3. The van der Waals surface area contributed by atoms with E-state index in [1.165, 1.54) is 18.2 Å². The average Bonchev–Trinajstić information content (AvgIpc) is 2.99. The molecule has 0 radical (unpaired) electrons. The molecule has 0 bridgehead atoms. The highest BCUT2D eigenvalue weighted by atomic mass is 35.5. The molecule has 3 rings (SSSR count). The Morgan fingerprint density at radius 3 is 2.57 bits per heavy atom. The number of hydrogen-bond donors (Lipinski definition) is 0. The highest BCUT2D eigenvalue weighted by molar-refractivity contribution is 7.99. The van der Waals surface area contributed by atoms with Crippen LogP contribution < -0.4 is 0 Å². The Kier molecular flexibility index (Phi) is 5.12. The van der Waals surface area contributed by atoms with E-state index in [0.717, 1.165) is 41.4 Å². The van der Waals surface area contributed by atoms with Gasteiger partial charge in [0.2, 0.25) is 0 Å². The molecule has 0 unspecified atom stereocenters. The van der Waals surface area contributed by atoms with Crippen molar-refractivity contribution in [3.8, 4) is 0 Å². The van der Waals surface area contributed by atoms with Gasteiger partial charge in [0.15, 0.2) is 10.9 Å². The van der Waals surface area contributed by atoms with E-state index in [2.05, 4.69) is 4.98 Å². The van der Waals surface area contributed by atoms with Crippen LogP contribution in [0.25, 0.3) is 0 Å². The number of carbonyl (C=O) groups is 1. The van der Waals surface area contributed by atoms with Gasteiger partial charge in [0.25, 0.3) is 0 Å². The first kappa shape index (κ1) is 16.6. The van der Waals surface area contributed by atoms with Gasteiger partial charge in [0, 0.05) is 24.5 Å². The predicted molar refractivity (Wildman–Crippen MR) is 95.2 cm³/mol. The lowest BCUT2D eigenvalue weighted by Crippen LogP contribution is -2.39. The third-order valence-corrected chi connectivity index (χ3v) is 6.06. The van der Waals surface area contributed by atoms with Crippen LogP contribution in [-0.4, -0.2) is 21.1 Å². The first-order valence-electron chi connectivity index (χ1n) is 8.01. The molecule has 0 spiro atoms. The normalized spacial score (nSPS) is 17.1. The number of aromatic nitrogens is 2. The second kappa shape index (κ2) is 7.10. The minimum atomic E-state index is -0.346. The molecule has 2 aromatic rings. The van der Waals surface area contributed by atoms with Gasteiger partial charge >= 0.3 is 0 Å². The number of hydrogen-bond acceptors (Lipinski definition) is 3. The van der Waals surface area contributed by atoms with Crippen LogP contribution in [-0.2, 0) is 17.3 Å². The molecule has 1 aromatic heterocycles. The van der Waals surface area contributed by atoms with E-state index in [4.69, 9.17) is 11.6 Å². The second-order valence-electron chi connectivity index (χ2n) is 6.18. The predicted octanol–water partition coefficient (Wildman–Crippen LogP) is 4.64. The summed E-state index contributed by atoms with van der Waals surface area (Å²) < 4.78 is 1.95. The third kappa shape index (κ3) is 3.48. The summed E-state index contributed by atoms with van der Waals surface area (Å²) >= 11 is 7.55. The highest BCUT2D eigenvalue weighted by Crippen LogP contribution is 2.41. The van der Waals surface area contributed by atoms with Crippen LogP contribution in [0.15, 0.2) is 41.8 Å². The molecular formula is C18H21ClN2OS. The van der Waals surface area contributed by atoms with Crippen molar-refractivity contribution in [2.75, 3.05) is 5.75 Å². The fourth-order valence-electron chi connectivity index (χ4n) is 3.41. The summed E-state index contributed by atoms with van der Waals surface area (Å²) in [5, 5.41) is 1.61. The number of imidazole rings is 1. The quantitative estimate of drug-likeness (QED) is 0.738. The van der Waals surface area contributed by atoms with Crippen LogP contribution in [0.3, 0.4) is 0 Å². The van der Waals surface area contributed by atoms with Crippen molar-refractivity contribution in [3.63, 3.8) is 0 Å². The molecule has 1 aliphatic rings. The van der Waals surface area contributed by atoms with Crippen molar-refractivity contribution in [3.05, 3.63) is 47.2 Å². The molecule has 1 heterocycles. The first-order chi connectivity index (χ1) is 11.1. The SMILES string of the molecule is Cn1ccnc1SCC(=O)C1(c2ccc(Cl)cc2)CCCCC1. The van der Waals surface area contributed by atoms with Gasteiger partial charge in [-0.05, 0) is 30.5 Å². The number of carbonyl (C=O) groups excluding carboxylic acids is 1. The van der Waals surface area contributed by atoms with E-state index in [0.29, 0.717) is 11.5 Å². The van der Waals surface area contributed by atoms with E-state index in [1.54, 1.807) is 6.20 Å². The molecule has 122 valence electrons. The molecule has 0 saturated heterocycles. The lowest BCUT2D eigenvalue weighted by Gasteiger charge is -2.36. The second-order valence-corrected chi connectivity index (χ2v) is 7.56. The monoisotopic (exact) mass is 348 g/mol. The van der Waals surface area contributed by atoms with Crippen LogP contribution in [0.2, 0.25) is 5.02 Å². The molecule has 5 heteroatoms. The largest absolute Gasteiger partial charge is 0.329 e. The van der Waals surface area contributed by atoms with E-state index >= 15 is 0 Å². The number of thioether (sulfide) groups is 1. The first-order valence-corrected chi connectivity index (χ1v) is 9.38. The number of Topliss-reactive ketones (excluding diaryl/α,β-unsaturated/α-hetero) is 1. The minimum Gasteiger partial charge on any atom is -0.329 e. The molecule has 1 saturated carbocycles. The van der Waals surface area contributed by atoms with Crippen molar-refractivity contribution in [2.24, 2.45) is 7.05 Å². The molecule has 0 N–H and O–H groups in total. The number of rotatable bonds is 5. The zero-order valence-corrected chi connectivity index (χ0v) is 14.9. The number of aryl methyl sites for hydroxylation is 1. The molecule has 1 aromatic carbocycles. The number of ketones is 1. The number of halogens is 1. The maximum atomic E-state index is 13.1. The zero-order valence-electron chi connectivity index (χ0n) is 13.3. The molecule has 1 fully saturated rings. The Morgan fingerprint density at radius 2 is 1.96 bits per heavy atom. The van der Waals surface area contributed by atoms with Crippen molar-refractivity contribution >= 4 is 29.1 Å². The molecule has 0 atom stereocenters. The van der Waals surface area contributed by atoms with Crippen LogP contribution in [0, 0.1) is 0 Å². The summed E-state index contributed by atoms with van der Waals surface area (Å²) in [7, 11) is 1.95. The fourth-order valence-corrected chi connectivity index (χ4v) is 4.47. The van der Waals surface area contributed by atoms with Crippen molar-refractivity contribution in [2.45, 2.75) is 42.7 Å². The topological polar surface area (TPSA) is 34.9 Å². The summed E-state index contributed by atoms with van der Waals surface area (Å²) in [6.07, 6.45) is 8.99. The minimum absolute atomic E-state index is 0.313. The molecule has 3 nitrogen and oxygen atoms in total. The van der Waals surface area contributed by atoms with Crippen LogP contribution in [0.5, 0.6) is 0 Å². The Morgan fingerprint density at radius 1 is 1.26 bits per heavy atom. The van der Waals surface area contributed by atoms with Gasteiger partial charge in [-0.15, -0.1) is 0 Å². The summed E-state index contributed by atoms with van der Waals surface area (Å²) in [4.78, 5) is 17.4. The number of benzene rings is 1. The van der Waals surface area contributed by atoms with Crippen molar-refractivity contribution in [1.29, 1.82) is 0 Å². The van der Waals surface area contributed by atoms with Crippen molar-refractivity contribution in [1.82, 2.24) is 9.55 Å². The van der Waals surface area contributed by atoms with Crippen LogP contribution in [0.4, 0.5) is 0 Å². The third-order valence-electron chi connectivity index (χ3n) is 4.75. The van der Waals surface area contributed by atoms with Crippen LogP contribution in [0.1, 0.15) is 37.7 Å². The van der Waals surface area contributed by atoms with Gasteiger partial charge in [-0.2, -0.15) is 0 Å². The van der Waals surface area contributed by atoms with E-state index in [1.807, 2.05) is 42.1 Å². The molecule has 23 heavy (non-hydrogen) atoms. The van der Waals surface area contributed by atoms with Crippen molar-refractivity contribution < 1.29 is 4.79 Å². The van der Waals surface area contributed by atoms with Gasteiger partial charge in [0.05, 0.1) is 11.2 Å². The Balaban J connectivity index is 1.82. The average molecular weight is 349 g/mol. The van der Waals surface area contributed by atoms with E-state index in [9.17, 15) is 4.79 Å². The number of nitrogens with zero attached hydrogens (tertiary/aromatic N) is 2. The van der Waals surface area contributed by atoms with Gasteiger partial charge in [-0.25, -0.2) is 4.98 Å². The lowest BCUT2D eigenvalue weighted by molar-refractivity contribution is -0.123. The maximum absolute atomic E-state index is 13.1. The molecular weight excluding hydrogens is 328 g/mol. The highest BCUT2D eigenvalue weighted by Gasteiger charge is 2.40. The summed E-state index contributed by atoms with van der Waals surface area (Å²) in [6, 6.07) is 7.84. The fraction of sp³-hybridized carbons (Fsp3) is 0.444. The lowest BCUT2D eigenvalue weighted by atomic mass is 9.67. The van der Waals surface area contributed by atoms with Gasteiger partial charge < -0.3 is 4.57 Å². The van der Waals surface area contributed by atoms with Gasteiger partial charge in [0.1, 0.15) is 0 Å². The Hall–Kier alpha value is -1.26. The van der Waals surface area contributed by atoms with Gasteiger partial charge in [-0.3, -0.25) is 4.79 Å². The maximum Gasteiger partial charge on any atom is 0.168 e. The summed E-state index contributed by atoms with van der Waals surface area (Å²) in [6.45, 7) is 0.